The Balaban J connectivity index is 1.32. The molecule has 0 spiro atoms. The summed E-state index contributed by atoms with van der Waals surface area (Å²) in [6.45, 7) is 5.74. The fourth-order valence-corrected chi connectivity index (χ4v) is 5.12. The lowest BCUT2D eigenvalue weighted by atomic mass is 9.87. The van der Waals surface area contributed by atoms with Gasteiger partial charge in [-0.2, -0.15) is 5.10 Å². The quantitative estimate of drug-likeness (QED) is 0.407. The van der Waals surface area contributed by atoms with E-state index in [1.165, 1.54) is 6.07 Å². The minimum atomic E-state index is -0.542. The summed E-state index contributed by atoms with van der Waals surface area (Å²) < 4.78 is 31.7. The van der Waals surface area contributed by atoms with E-state index >= 15 is 0 Å². The molecular formula is C27H37F2N7O. The molecule has 0 saturated heterocycles. The lowest BCUT2D eigenvalue weighted by molar-refractivity contribution is -0.118. The van der Waals surface area contributed by atoms with E-state index in [1.807, 2.05) is 37.1 Å². The Morgan fingerprint density at radius 3 is 2.84 bits per heavy atom. The lowest BCUT2D eigenvalue weighted by Crippen LogP contribution is -2.48. The summed E-state index contributed by atoms with van der Waals surface area (Å²) in [6, 6.07) is 2.03. The number of nitrogens with zero attached hydrogens (tertiary/aromatic N) is 5. The number of carbonyl (C=O) groups is 1. The molecule has 3 atom stereocenters. The van der Waals surface area contributed by atoms with Gasteiger partial charge in [0.1, 0.15) is 11.6 Å². The van der Waals surface area contributed by atoms with Crippen molar-refractivity contribution in [3.05, 3.63) is 65.4 Å². The zero-order valence-corrected chi connectivity index (χ0v) is 22.0. The van der Waals surface area contributed by atoms with Gasteiger partial charge in [0, 0.05) is 56.2 Å². The number of aryl methyl sites for hydroxylation is 2. The highest BCUT2D eigenvalue weighted by Gasteiger charge is 2.27. The zero-order chi connectivity index (χ0) is 26.5. The van der Waals surface area contributed by atoms with Crippen LogP contribution in [0.5, 0.6) is 0 Å². The van der Waals surface area contributed by atoms with E-state index in [1.54, 1.807) is 11.0 Å². The Morgan fingerprint density at radius 2 is 2.11 bits per heavy atom. The highest BCUT2D eigenvalue weighted by molar-refractivity contribution is 5.94. The number of halogens is 2. The second-order valence-electron chi connectivity index (χ2n) is 10.2. The highest BCUT2D eigenvalue weighted by Crippen LogP contribution is 2.26. The van der Waals surface area contributed by atoms with Gasteiger partial charge < -0.3 is 15.2 Å². The van der Waals surface area contributed by atoms with E-state index in [9.17, 15) is 13.6 Å². The third-order valence-corrected chi connectivity index (χ3v) is 6.94. The minimum absolute atomic E-state index is 0.0531. The smallest absolute Gasteiger partial charge is 0.242 e. The van der Waals surface area contributed by atoms with Gasteiger partial charge >= 0.3 is 0 Å². The molecule has 4 rings (SSSR count). The van der Waals surface area contributed by atoms with Crippen LogP contribution < -0.4 is 10.6 Å². The number of fused-ring (bicyclic) bond motifs is 1. The average molecular weight is 514 g/mol. The molecule has 0 radical (unpaired) electrons. The number of likely N-dealkylation sites (N-methyl/N-ethyl adjacent to an activating group) is 1. The normalized spacial score (nSPS) is 17.0. The summed E-state index contributed by atoms with van der Waals surface area (Å²) in [5, 5.41) is 10.6. The number of rotatable bonds is 11. The maximum Gasteiger partial charge on any atom is 0.242 e. The molecule has 8 nitrogen and oxygen atoms in total. The SMILES string of the molecule is CCC[C@H](N[C@H]1CCc2cc(F)cc(F)c2C1)C(=O)Nc1cn([C@@H](C)CN(C)Cc2cnn(C)c2)cn1. The van der Waals surface area contributed by atoms with Gasteiger partial charge in [0.05, 0.1) is 18.6 Å². The van der Waals surface area contributed by atoms with Crippen molar-refractivity contribution in [2.75, 3.05) is 18.9 Å². The van der Waals surface area contributed by atoms with Crippen LogP contribution in [-0.2, 0) is 31.2 Å². The molecule has 1 aliphatic carbocycles. The first-order chi connectivity index (χ1) is 17.7. The average Bonchev–Trinajstić information content (AvgIpc) is 3.47. The van der Waals surface area contributed by atoms with Gasteiger partial charge in [-0.25, -0.2) is 13.8 Å². The van der Waals surface area contributed by atoms with Crippen LogP contribution in [0.2, 0.25) is 0 Å². The Labute approximate surface area is 217 Å². The summed E-state index contributed by atoms with van der Waals surface area (Å²) >= 11 is 0. The van der Waals surface area contributed by atoms with Crippen molar-refractivity contribution in [3.63, 3.8) is 0 Å². The molecule has 200 valence electrons. The number of benzene rings is 1. The molecule has 0 unspecified atom stereocenters. The molecule has 3 aromatic rings. The van der Waals surface area contributed by atoms with Gasteiger partial charge in [-0.3, -0.25) is 14.4 Å². The second-order valence-corrected chi connectivity index (χ2v) is 10.2. The first-order valence-electron chi connectivity index (χ1n) is 12.9. The molecule has 0 aliphatic heterocycles. The third-order valence-electron chi connectivity index (χ3n) is 6.94. The molecule has 1 amide bonds. The number of hydrogen-bond donors (Lipinski definition) is 2. The predicted octanol–water partition coefficient (Wildman–Crippen LogP) is 3.84. The van der Waals surface area contributed by atoms with Crippen molar-refractivity contribution < 1.29 is 13.6 Å². The summed E-state index contributed by atoms with van der Waals surface area (Å²) in [4.78, 5) is 19.8. The van der Waals surface area contributed by atoms with Gasteiger partial charge in [0.15, 0.2) is 5.82 Å². The standard InChI is InChI=1S/C27H37F2N7O/c1-5-6-25(32-22-8-7-20-9-21(28)10-24(29)23(20)11-22)27(37)33-26-16-36(17-30-26)18(2)13-34(3)14-19-12-31-35(4)15-19/h9-10,12,15-18,22,25,32H,5-8,11,13-14H2,1-4H3,(H,33,37)/t18-,22-,25-/m0/s1. The van der Waals surface area contributed by atoms with E-state index in [-0.39, 0.29) is 18.0 Å². The summed E-state index contributed by atoms with van der Waals surface area (Å²) in [5.41, 5.74) is 2.42. The molecule has 1 aliphatic rings. The van der Waals surface area contributed by atoms with E-state index in [2.05, 4.69) is 39.6 Å². The van der Waals surface area contributed by atoms with Crippen LogP contribution in [0.15, 0.2) is 37.1 Å². The van der Waals surface area contributed by atoms with Crippen molar-refractivity contribution in [2.24, 2.45) is 7.05 Å². The van der Waals surface area contributed by atoms with Crippen molar-refractivity contribution in [3.8, 4) is 0 Å². The number of carbonyl (C=O) groups excluding carboxylic acids is 1. The van der Waals surface area contributed by atoms with Crippen LogP contribution in [0.25, 0.3) is 0 Å². The number of nitrogens with one attached hydrogen (secondary N) is 2. The molecule has 2 aromatic heterocycles. The van der Waals surface area contributed by atoms with Crippen LogP contribution >= 0.6 is 0 Å². The Bertz CT molecular complexity index is 1210. The molecule has 37 heavy (non-hydrogen) atoms. The first kappa shape index (κ1) is 26.9. The fraction of sp³-hybridized carbons (Fsp3) is 0.519. The largest absolute Gasteiger partial charge is 0.331 e. The minimum Gasteiger partial charge on any atom is -0.331 e. The second kappa shape index (κ2) is 12.0. The van der Waals surface area contributed by atoms with Crippen molar-refractivity contribution >= 4 is 11.7 Å². The van der Waals surface area contributed by atoms with Gasteiger partial charge in [-0.1, -0.05) is 13.3 Å². The number of aromatic nitrogens is 4. The van der Waals surface area contributed by atoms with Crippen LogP contribution in [0, 0.1) is 11.6 Å². The van der Waals surface area contributed by atoms with Crippen molar-refractivity contribution in [1.82, 2.24) is 29.5 Å². The zero-order valence-electron chi connectivity index (χ0n) is 22.0. The first-order valence-corrected chi connectivity index (χ1v) is 12.9. The van der Waals surface area contributed by atoms with Crippen LogP contribution in [-0.4, -0.2) is 55.8 Å². The Hall–Kier alpha value is -3.11. The van der Waals surface area contributed by atoms with E-state index < -0.39 is 17.7 Å². The summed E-state index contributed by atoms with van der Waals surface area (Å²) in [6.07, 6.45) is 10.7. The molecule has 10 heteroatoms. The van der Waals surface area contributed by atoms with Gasteiger partial charge in [-0.15, -0.1) is 0 Å². The molecule has 0 bridgehead atoms. The van der Waals surface area contributed by atoms with Crippen molar-refractivity contribution in [2.45, 2.75) is 70.6 Å². The maximum atomic E-state index is 14.3. The van der Waals surface area contributed by atoms with Crippen LogP contribution in [0.4, 0.5) is 14.6 Å². The topological polar surface area (TPSA) is 80.0 Å². The van der Waals surface area contributed by atoms with E-state index in [0.29, 0.717) is 30.6 Å². The monoisotopic (exact) mass is 513 g/mol. The Morgan fingerprint density at radius 1 is 1.30 bits per heavy atom. The van der Waals surface area contributed by atoms with Gasteiger partial charge in [0.2, 0.25) is 5.91 Å². The van der Waals surface area contributed by atoms with Crippen LogP contribution in [0.3, 0.4) is 0 Å². The van der Waals surface area contributed by atoms with E-state index in [0.717, 1.165) is 43.1 Å². The molecule has 0 fully saturated rings. The lowest BCUT2D eigenvalue weighted by Gasteiger charge is -2.29. The number of anilines is 1. The van der Waals surface area contributed by atoms with E-state index in [4.69, 9.17) is 0 Å². The molecule has 2 heterocycles. The molecule has 1 aromatic carbocycles. The van der Waals surface area contributed by atoms with Crippen molar-refractivity contribution in [1.29, 1.82) is 0 Å². The summed E-state index contributed by atoms with van der Waals surface area (Å²) in [5.74, 6) is -0.701. The third kappa shape index (κ3) is 7.01. The highest BCUT2D eigenvalue weighted by atomic mass is 19.1. The predicted molar refractivity (Wildman–Crippen MR) is 139 cm³/mol. The number of hydrogen-bond acceptors (Lipinski definition) is 5. The van der Waals surface area contributed by atoms with Gasteiger partial charge in [-0.05, 0) is 56.8 Å². The van der Waals surface area contributed by atoms with Crippen LogP contribution in [0.1, 0.15) is 55.8 Å². The summed E-state index contributed by atoms with van der Waals surface area (Å²) in [7, 11) is 3.97. The molecule has 2 N–H and O–H groups in total. The number of amides is 1. The molecule has 0 saturated carbocycles. The Kier molecular flexibility index (Phi) is 8.71. The molecular weight excluding hydrogens is 476 g/mol. The van der Waals surface area contributed by atoms with Gasteiger partial charge in [0.25, 0.3) is 0 Å². The fourth-order valence-electron chi connectivity index (χ4n) is 5.12. The maximum absolute atomic E-state index is 14.3. The number of imidazole rings is 1.